The lowest BCUT2D eigenvalue weighted by atomic mass is 10.1. The summed E-state index contributed by atoms with van der Waals surface area (Å²) in [5.74, 6) is 0.802. The number of rotatable bonds is 6. The van der Waals surface area contributed by atoms with Gasteiger partial charge >= 0.3 is 0 Å². The first kappa shape index (κ1) is 21.7. The molecule has 29 heavy (non-hydrogen) atoms. The predicted molar refractivity (Wildman–Crippen MR) is 120 cm³/mol. The third-order valence-corrected chi connectivity index (χ3v) is 5.33. The molecular formula is C20H17Cl3N2O3S. The van der Waals surface area contributed by atoms with Crippen molar-refractivity contribution in [3.05, 3.63) is 62.2 Å². The first-order valence-electron chi connectivity index (χ1n) is 8.62. The summed E-state index contributed by atoms with van der Waals surface area (Å²) in [6.07, 6.45) is 1.73. The Balaban J connectivity index is 1.86. The summed E-state index contributed by atoms with van der Waals surface area (Å²) in [4.78, 5) is 13.9. The van der Waals surface area contributed by atoms with Crippen molar-refractivity contribution in [2.45, 2.75) is 13.5 Å². The van der Waals surface area contributed by atoms with Crippen LogP contribution in [0.4, 0.5) is 0 Å². The lowest BCUT2D eigenvalue weighted by Crippen LogP contribution is -2.30. The molecule has 2 aromatic rings. The molecule has 1 fully saturated rings. The number of thiocarbonyl (C=S) groups is 1. The Morgan fingerprint density at radius 1 is 1.17 bits per heavy atom. The third-order valence-electron chi connectivity index (χ3n) is 4.23. The largest absolute Gasteiger partial charge is 0.496 e. The molecule has 9 heteroatoms. The average Bonchev–Trinajstić information content (AvgIpc) is 2.93. The highest BCUT2D eigenvalue weighted by Crippen LogP contribution is 2.37. The van der Waals surface area contributed by atoms with Gasteiger partial charge in [-0.1, -0.05) is 40.9 Å². The number of methoxy groups -OCH3 is 1. The normalized spacial score (nSPS) is 15.1. The van der Waals surface area contributed by atoms with Gasteiger partial charge in [-0.3, -0.25) is 9.69 Å². The predicted octanol–water partition coefficient (Wildman–Crippen LogP) is 5.31. The van der Waals surface area contributed by atoms with Crippen LogP contribution in [-0.4, -0.2) is 29.6 Å². The summed E-state index contributed by atoms with van der Waals surface area (Å²) in [6, 6.07) is 8.61. The number of nitrogens with one attached hydrogen (secondary N) is 1. The van der Waals surface area contributed by atoms with E-state index in [1.54, 1.807) is 31.4 Å². The molecule has 0 bridgehead atoms. The minimum Gasteiger partial charge on any atom is -0.496 e. The Hall–Kier alpha value is -1.99. The van der Waals surface area contributed by atoms with Crippen LogP contribution in [0.2, 0.25) is 15.1 Å². The fraction of sp³-hybridized carbons (Fsp3) is 0.200. The van der Waals surface area contributed by atoms with Crippen LogP contribution in [0, 0.1) is 0 Å². The van der Waals surface area contributed by atoms with E-state index in [0.29, 0.717) is 43.9 Å². The average molecular weight is 472 g/mol. The molecule has 0 unspecified atom stereocenters. The fourth-order valence-corrected chi connectivity index (χ4v) is 4.09. The summed E-state index contributed by atoms with van der Waals surface area (Å²) in [7, 11) is 1.57. The molecule has 0 aliphatic carbocycles. The molecule has 1 heterocycles. The second kappa shape index (κ2) is 9.22. The van der Waals surface area contributed by atoms with Crippen LogP contribution in [0.5, 0.6) is 11.5 Å². The van der Waals surface area contributed by atoms with Crippen molar-refractivity contribution in [2.75, 3.05) is 13.7 Å². The molecule has 152 valence electrons. The van der Waals surface area contributed by atoms with Crippen LogP contribution in [0.25, 0.3) is 6.08 Å². The van der Waals surface area contributed by atoms with E-state index in [0.717, 1.165) is 11.1 Å². The molecule has 5 nitrogen and oxygen atoms in total. The van der Waals surface area contributed by atoms with E-state index in [4.69, 9.17) is 56.5 Å². The van der Waals surface area contributed by atoms with Crippen LogP contribution < -0.4 is 14.8 Å². The van der Waals surface area contributed by atoms with Crippen molar-refractivity contribution >= 4 is 64.1 Å². The maximum absolute atomic E-state index is 12.4. The number of carbonyl (C=O) groups is 1. The molecule has 0 spiro atoms. The van der Waals surface area contributed by atoms with Gasteiger partial charge in [0.05, 0.1) is 17.2 Å². The number of benzene rings is 2. The van der Waals surface area contributed by atoms with Gasteiger partial charge in [-0.15, -0.1) is 0 Å². The molecule has 0 saturated carbocycles. The first-order chi connectivity index (χ1) is 13.8. The van der Waals surface area contributed by atoms with E-state index < -0.39 is 0 Å². The standard InChI is InChI=1S/C20H17Cl3N2O3S/c1-3-25-19(26)16(24-20(25)29)7-11-4-5-17(27-2)12(6-11)10-28-18-14(22)8-13(21)9-15(18)23/h4-9H,3,10H2,1-2H3,(H,24,29)/b16-7+. The molecule has 0 radical (unpaired) electrons. The Morgan fingerprint density at radius 3 is 2.45 bits per heavy atom. The highest BCUT2D eigenvalue weighted by molar-refractivity contribution is 7.80. The molecule has 0 atom stereocenters. The minimum absolute atomic E-state index is 0.155. The zero-order valence-corrected chi connectivity index (χ0v) is 18.7. The van der Waals surface area contributed by atoms with E-state index in [2.05, 4.69) is 5.32 Å². The van der Waals surface area contributed by atoms with E-state index in [9.17, 15) is 4.79 Å². The highest BCUT2D eigenvalue weighted by atomic mass is 35.5. The Kier molecular flexibility index (Phi) is 6.90. The van der Waals surface area contributed by atoms with Gasteiger partial charge in [-0.05, 0) is 55.0 Å². The maximum atomic E-state index is 12.4. The zero-order chi connectivity index (χ0) is 21.1. The van der Waals surface area contributed by atoms with Gasteiger partial charge in [-0.25, -0.2) is 0 Å². The van der Waals surface area contributed by atoms with Crippen LogP contribution in [0.1, 0.15) is 18.1 Å². The number of likely N-dealkylation sites (N-methyl/N-ethyl adjacent to an activating group) is 1. The molecule has 1 amide bonds. The fourth-order valence-electron chi connectivity index (χ4n) is 2.84. The molecular weight excluding hydrogens is 455 g/mol. The number of nitrogens with zero attached hydrogens (tertiary/aromatic N) is 1. The van der Waals surface area contributed by atoms with Gasteiger partial charge in [0.1, 0.15) is 18.1 Å². The van der Waals surface area contributed by atoms with Gasteiger partial charge < -0.3 is 14.8 Å². The Bertz CT molecular complexity index is 987. The summed E-state index contributed by atoms with van der Waals surface area (Å²) < 4.78 is 11.2. The van der Waals surface area contributed by atoms with Gasteiger partial charge in [0.25, 0.3) is 5.91 Å². The lowest BCUT2D eigenvalue weighted by Gasteiger charge is -2.13. The van der Waals surface area contributed by atoms with Crippen LogP contribution in [0.15, 0.2) is 36.0 Å². The van der Waals surface area contributed by atoms with Crippen LogP contribution in [0.3, 0.4) is 0 Å². The SMILES string of the molecule is CCN1C(=O)/C(=C\c2ccc(OC)c(COc3c(Cl)cc(Cl)cc3Cl)c2)NC1=S. The maximum Gasteiger partial charge on any atom is 0.276 e. The number of amides is 1. The number of carbonyl (C=O) groups excluding carboxylic acids is 1. The summed E-state index contributed by atoms with van der Waals surface area (Å²) in [5.41, 5.74) is 1.95. The quantitative estimate of drug-likeness (QED) is 0.457. The van der Waals surface area contributed by atoms with E-state index in [1.165, 1.54) is 4.90 Å². The van der Waals surface area contributed by atoms with Crippen LogP contribution in [-0.2, 0) is 11.4 Å². The zero-order valence-electron chi connectivity index (χ0n) is 15.6. The molecule has 1 aliphatic rings. The van der Waals surface area contributed by atoms with Crippen molar-refractivity contribution in [3.8, 4) is 11.5 Å². The molecule has 1 aliphatic heterocycles. The molecule has 0 aromatic heterocycles. The van der Waals surface area contributed by atoms with Gasteiger partial charge in [-0.2, -0.15) is 0 Å². The van der Waals surface area contributed by atoms with E-state index in [1.807, 2.05) is 19.1 Å². The monoisotopic (exact) mass is 470 g/mol. The highest BCUT2D eigenvalue weighted by Gasteiger charge is 2.29. The van der Waals surface area contributed by atoms with Crippen molar-refractivity contribution in [1.82, 2.24) is 10.2 Å². The van der Waals surface area contributed by atoms with Crippen molar-refractivity contribution < 1.29 is 14.3 Å². The van der Waals surface area contributed by atoms with E-state index >= 15 is 0 Å². The van der Waals surface area contributed by atoms with Crippen molar-refractivity contribution in [1.29, 1.82) is 0 Å². The third kappa shape index (κ3) is 4.78. The molecule has 1 saturated heterocycles. The number of hydrogen-bond acceptors (Lipinski definition) is 4. The summed E-state index contributed by atoms with van der Waals surface area (Å²) in [5, 5.41) is 4.38. The molecule has 3 rings (SSSR count). The second-order valence-corrected chi connectivity index (χ2v) is 7.73. The van der Waals surface area contributed by atoms with Gasteiger partial charge in [0.15, 0.2) is 10.9 Å². The lowest BCUT2D eigenvalue weighted by molar-refractivity contribution is -0.122. The Morgan fingerprint density at radius 2 is 1.86 bits per heavy atom. The summed E-state index contributed by atoms with van der Waals surface area (Å²) >= 11 is 23.5. The minimum atomic E-state index is -0.161. The van der Waals surface area contributed by atoms with E-state index in [-0.39, 0.29) is 12.5 Å². The number of ether oxygens (including phenoxy) is 2. The second-order valence-electron chi connectivity index (χ2n) is 6.10. The topological polar surface area (TPSA) is 50.8 Å². The van der Waals surface area contributed by atoms with Gasteiger partial charge in [0, 0.05) is 17.1 Å². The molecule has 2 aromatic carbocycles. The number of hydrogen-bond donors (Lipinski definition) is 1. The van der Waals surface area contributed by atoms with Gasteiger partial charge in [0.2, 0.25) is 0 Å². The van der Waals surface area contributed by atoms with Crippen molar-refractivity contribution in [3.63, 3.8) is 0 Å². The van der Waals surface area contributed by atoms with Crippen molar-refractivity contribution in [2.24, 2.45) is 0 Å². The number of halogens is 3. The first-order valence-corrected chi connectivity index (χ1v) is 10.2. The van der Waals surface area contributed by atoms with Crippen LogP contribution >= 0.6 is 47.0 Å². The Labute approximate surface area is 189 Å². The molecule has 1 N–H and O–H groups in total. The summed E-state index contributed by atoms with van der Waals surface area (Å²) in [6.45, 7) is 2.53. The smallest absolute Gasteiger partial charge is 0.276 e.